The van der Waals surface area contributed by atoms with Crippen LogP contribution in [0.4, 0.5) is 0 Å². The van der Waals surface area contributed by atoms with Crippen molar-refractivity contribution in [3.63, 3.8) is 0 Å². The van der Waals surface area contributed by atoms with Gasteiger partial charge < -0.3 is 25.2 Å². The van der Waals surface area contributed by atoms with Crippen molar-refractivity contribution in [2.45, 2.75) is 64.3 Å². The molecule has 3 aliphatic rings. The summed E-state index contributed by atoms with van der Waals surface area (Å²) in [4.78, 5) is 22.3. The first-order valence-corrected chi connectivity index (χ1v) is 12.2. The predicted molar refractivity (Wildman–Crippen MR) is 137 cm³/mol. The van der Waals surface area contributed by atoms with Gasteiger partial charge in [-0.1, -0.05) is 19.3 Å². The normalized spacial score (nSPS) is 24.1. The summed E-state index contributed by atoms with van der Waals surface area (Å²) in [6, 6.07) is 0.311. The van der Waals surface area contributed by atoms with E-state index in [1.54, 1.807) is 7.11 Å². The molecule has 2 aliphatic heterocycles. The molecule has 0 aromatic carbocycles. The highest BCUT2D eigenvalue weighted by Crippen LogP contribution is 2.26. The average Bonchev–Trinajstić information content (AvgIpc) is 3.25. The number of hydrogen-bond acceptors (Lipinski definition) is 4. The SMILES string of the molecule is CCNC(=NCC1CCN(CCOC)CC1)NC1CCN(C(=O)C2CCCCC2)C1.I. The van der Waals surface area contributed by atoms with Crippen LogP contribution in [0.25, 0.3) is 0 Å². The standard InChI is InChI=1S/C23H43N5O2.HI/c1-3-24-23(25-17-19-9-12-27(13-10-19)15-16-30-2)26-21-11-14-28(18-21)22(29)20-7-5-4-6-8-20;/h19-21H,3-18H2,1-2H3,(H2,24,25,26);1H. The third-order valence-corrected chi connectivity index (χ3v) is 6.97. The monoisotopic (exact) mass is 549 g/mol. The van der Waals surface area contributed by atoms with Gasteiger partial charge in [-0.05, 0) is 58.0 Å². The zero-order valence-electron chi connectivity index (χ0n) is 19.6. The molecule has 2 heterocycles. The average molecular weight is 550 g/mol. The van der Waals surface area contributed by atoms with Crippen LogP contribution >= 0.6 is 24.0 Å². The first-order chi connectivity index (χ1) is 14.7. The van der Waals surface area contributed by atoms with Gasteiger partial charge in [-0.2, -0.15) is 0 Å². The number of halogens is 1. The molecule has 31 heavy (non-hydrogen) atoms. The van der Waals surface area contributed by atoms with Crippen molar-refractivity contribution < 1.29 is 9.53 Å². The molecule has 0 spiro atoms. The Labute approximate surface area is 206 Å². The van der Waals surface area contributed by atoms with E-state index in [0.717, 1.165) is 77.6 Å². The summed E-state index contributed by atoms with van der Waals surface area (Å²) in [5, 5.41) is 7.00. The molecule has 8 heteroatoms. The van der Waals surface area contributed by atoms with Gasteiger partial charge in [-0.15, -0.1) is 24.0 Å². The van der Waals surface area contributed by atoms with Crippen LogP contribution in [0.1, 0.15) is 58.3 Å². The van der Waals surface area contributed by atoms with E-state index in [2.05, 4.69) is 27.4 Å². The van der Waals surface area contributed by atoms with Gasteiger partial charge in [0.1, 0.15) is 0 Å². The van der Waals surface area contributed by atoms with E-state index < -0.39 is 0 Å². The summed E-state index contributed by atoms with van der Waals surface area (Å²) in [6.07, 6.45) is 9.33. The number of nitrogens with zero attached hydrogens (tertiary/aromatic N) is 3. The first-order valence-electron chi connectivity index (χ1n) is 12.2. The number of methoxy groups -OCH3 is 1. The molecular weight excluding hydrogens is 505 g/mol. The fourth-order valence-corrected chi connectivity index (χ4v) is 5.03. The fraction of sp³-hybridized carbons (Fsp3) is 0.913. The number of aliphatic imine (C=N–C) groups is 1. The molecule has 0 aromatic heterocycles. The molecule has 3 fully saturated rings. The molecule has 3 rings (SSSR count). The molecule has 1 saturated carbocycles. The second-order valence-corrected chi connectivity index (χ2v) is 9.25. The lowest BCUT2D eigenvalue weighted by atomic mass is 9.88. The maximum atomic E-state index is 12.8. The molecule has 1 aliphatic carbocycles. The van der Waals surface area contributed by atoms with Crippen molar-refractivity contribution in [1.82, 2.24) is 20.4 Å². The van der Waals surface area contributed by atoms with E-state index in [4.69, 9.17) is 9.73 Å². The largest absolute Gasteiger partial charge is 0.383 e. The highest BCUT2D eigenvalue weighted by molar-refractivity contribution is 14.0. The minimum atomic E-state index is 0. The lowest BCUT2D eigenvalue weighted by Gasteiger charge is -2.31. The summed E-state index contributed by atoms with van der Waals surface area (Å²) in [5.41, 5.74) is 0. The Kier molecular flexibility index (Phi) is 12.5. The molecular formula is C23H44IN5O2. The summed E-state index contributed by atoms with van der Waals surface area (Å²) in [7, 11) is 1.77. The van der Waals surface area contributed by atoms with E-state index in [1.165, 1.54) is 32.1 Å². The molecule has 7 nitrogen and oxygen atoms in total. The number of guanidine groups is 1. The van der Waals surface area contributed by atoms with Crippen LogP contribution in [0.5, 0.6) is 0 Å². The molecule has 0 aromatic rings. The first kappa shape index (κ1) is 26.6. The number of rotatable bonds is 8. The van der Waals surface area contributed by atoms with Crippen molar-refractivity contribution in [1.29, 1.82) is 0 Å². The summed E-state index contributed by atoms with van der Waals surface area (Å²) >= 11 is 0. The van der Waals surface area contributed by atoms with Gasteiger partial charge in [0.15, 0.2) is 5.96 Å². The Balaban J connectivity index is 0.00000341. The maximum absolute atomic E-state index is 12.8. The van der Waals surface area contributed by atoms with Crippen LogP contribution in [0.15, 0.2) is 4.99 Å². The minimum Gasteiger partial charge on any atom is -0.383 e. The van der Waals surface area contributed by atoms with Gasteiger partial charge in [0.05, 0.1) is 6.61 Å². The zero-order valence-corrected chi connectivity index (χ0v) is 21.9. The number of ether oxygens (including phenoxy) is 1. The highest BCUT2D eigenvalue weighted by Gasteiger charge is 2.31. The smallest absolute Gasteiger partial charge is 0.225 e. The summed E-state index contributed by atoms with van der Waals surface area (Å²) < 4.78 is 5.19. The number of likely N-dealkylation sites (tertiary alicyclic amines) is 2. The van der Waals surface area contributed by atoms with Crippen LogP contribution in [-0.2, 0) is 9.53 Å². The quantitative estimate of drug-likeness (QED) is 0.277. The van der Waals surface area contributed by atoms with E-state index >= 15 is 0 Å². The van der Waals surface area contributed by atoms with Crippen LogP contribution in [-0.4, -0.2) is 87.2 Å². The van der Waals surface area contributed by atoms with Crippen LogP contribution in [0.3, 0.4) is 0 Å². The summed E-state index contributed by atoms with van der Waals surface area (Å²) in [5.74, 6) is 2.24. The van der Waals surface area contributed by atoms with Gasteiger partial charge in [0.25, 0.3) is 0 Å². The van der Waals surface area contributed by atoms with Crippen LogP contribution in [0, 0.1) is 11.8 Å². The van der Waals surface area contributed by atoms with Gasteiger partial charge in [-0.25, -0.2) is 0 Å². The second-order valence-electron chi connectivity index (χ2n) is 9.25. The van der Waals surface area contributed by atoms with E-state index in [-0.39, 0.29) is 29.9 Å². The van der Waals surface area contributed by atoms with E-state index in [0.29, 0.717) is 17.9 Å². The number of hydrogen-bond donors (Lipinski definition) is 2. The van der Waals surface area contributed by atoms with Crippen molar-refractivity contribution in [2.24, 2.45) is 16.8 Å². The topological polar surface area (TPSA) is 69.2 Å². The van der Waals surface area contributed by atoms with Crippen LogP contribution < -0.4 is 10.6 Å². The lowest BCUT2D eigenvalue weighted by molar-refractivity contribution is -0.135. The molecule has 1 amide bonds. The Morgan fingerprint density at radius 2 is 1.81 bits per heavy atom. The maximum Gasteiger partial charge on any atom is 0.225 e. The fourth-order valence-electron chi connectivity index (χ4n) is 5.03. The molecule has 1 unspecified atom stereocenters. The van der Waals surface area contributed by atoms with Gasteiger partial charge >= 0.3 is 0 Å². The number of carbonyl (C=O) groups excluding carboxylic acids is 1. The Hall–Kier alpha value is -0.610. The minimum absolute atomic E-state index is 0. The zero-order chi connectivity index (χ0) is 21.2. The molecule has 2 saturated heterocycles. The van der Waals surface area contributed by atoms with Gasteiger partial charge in [-0.3, -0.25) is 9.79 Å². The summed E-state index contributed by atoms with van der Waals surface area (Å²) in [6.45, 7) is 9.70. The Morgan fingerprint density at radius 3 is 2.48 bits per heavy atom. The van der Waals surface area contributed by atoms with Gasteiger partial charge in [0, 0.05) is 51.8 Å². The Morgan fingerprint density at radius 1 is 1.06 bits per heavy atom. The van der Waals surface area contributed by atoms with E-state index in [9.17, 15) is 4.79 Å². The molecule has 1 atom stereocenters. The van der Waals surface area contributed by atoms with Gasteiger partial charge in [0.2, 0.25) is 5.91 Å². The number of carbonyl (C=O) groups is 1. The Bertz CT molecular complexity index is 548. The number of nitrogens with one attached hydrogen (secondary N) is 2. The third kappa shape index (κ3) is 8.68. The van der Waals surface area contributed by atoms with E-state index in [1.807, 2.05) is 0 Å². The lowest BCUT2D eigenvalue weighted by Crippen LogP contribution is -2.46. The molecule has 0 bridgehead atoms. The highest BCUT2D eigenvalue weighted by atomic mass is 127. The predicted octanol–water partition coefficient (Wildman–Crippen LogP) is 2.70. The second kappa shape index (κ2) is 14.5. The third-order valence-electron chi connectivity index (χ3n) is 6.97. The number of piperidine rings is 1. The molecule has 0 radical (unpaired) electrons. The van der Waals surface area contributed by atoms with Crippen molar-refractivity contribution in [3.05, 3.63) is 0 Å². The number of amides is 1. The van der Waals surface area contributed by atoms with Crippen molar-refractivity contribution in [2.75, 3.05) is 59.5 Å². The van der Waals surface area contributed by atoms with Crippen molar-refractivity contribution in [3.8, 4) is 0 Å². The van der Waals surface area contributed by atoms with Crippen LogP contribution in [0.2, 0.25) is 0 Å². The van der Waals surface area contributed by atoms with Crippen molar-refractivity contribution >= 4 is 35.8 Å². The molecule has 180 valence electrons. The molecule has 2 N–H and O–H groups in total.